The maximum absolute atomic E-state index is 13.1. The molecule has 0 saturated carbocycles. The Labute approximate surface area is 211 Å². The van der Waals surface area contributed by atoms with Crippen LogP contribution < -0.4 is 36.4 Å². The van der Waals surface area contributed by atoms with Gasteiger partial charge in [0.05, 0.1) is 33.4 Å². The van der Waals surface area contributed by atoms with Crippen molar-refractivity contribution in [3.63, 3.8) is 0 Å². The number of nitrogens with zero attached hydrogens (tertiary/aromatic N) is 2. The predicted octanol–water partition coefficient (Wildman–Crippen LogP) is 0.915. The van der Waals surface area contributed by atoms with Gasteiger partial charge in [0, 0.05) is 49.8 Å². The van der Waals surface area contributed by atoms with Gasteiger partial charge in [0.15, 0.2) is 11.5 Å². The van der Waals surface area contributed by atoms with Crippen LogP contribution in [-0.4, -0.2) is 41.5 Å². The Kier molecular flexibility index (Phi) is 8.11. The Morgan fingerprint density at radius 2 is 1.70 bits per heavy atom. The van der Waals surface area contributed by atoms with Crippen LogP contribution in [0.4, 0.5) is 0 Å². The smallest absolute Gasteiger partial charge is 0.343 e. The summed E-state index contributed by atoms with van der Waals surface area (Å²) in [5.74, 6) is -0.906. The molecule has 0 unspecified atom stereocenters. The van der Waals surface area contributed by atoms with Gasteiger partial charge in [-0.05, 0) is 13.0 Å². The number of aryl methyl sites for hydroxylation is 1. The Bertz CT molecular complexity index is 1500. The van der Waals surface area contributed by atoms with Gasteiger partial charge in [-0.2, -0.15) is 0 Å². The predicted molar refractivity (Wildman–Crippen MR) is 133 cm³/mol. The van der Waals surface area contributed by atoms with E-state index in [9.17, 15) is 24.3 Å². The van der Waals surface area contributed by atoms with Crippen LogP contribution in [0.2, 0.25) is 0 Å². The highest BCUT2D eigenvalue weighted by molar-refractivity contribution is 5.78. The van der Waals surface area contributed by atoms with E-state index in [2.05, 4.69) is 5.32 Å². The van der Waals surface area contributed by atoms with Crippen molar-refractivity contribution in [1.29, 1.82) is 0 Å². The van der Waals surface area contributed by atoms with E-state index in [-0.39, 0.29) is 41.5 Å². The lowest BCUT2D eigenvalue weighted by atomic mass is 9.87. The molecule has 1 atom stereocenters. The number of aromatic nitrogens is 2. The molecule has 0 spiro atoms. The van der Waals surface area contributed by atoms with Crippen LogP contribution in [0.1, 0.15) is 34.9 Å². The van der Waals surface area contributed by atoms with Gasteiger partial charge in [0.2, 0.25) is 11.7 Å². The third kappa shape index (κ3) is 5.37. The molecule has 3 aromatic rings. The molecular formula is C25H29N3O9. The molecule has 0 saturated heterocycles. The van der Waals surface area contributed by atoms with Gasteiger partial charge >= 0.3 is 11.3 Å². The summed E-state index contributed by atoms with van der Waals surface area (Å²) in [5.41, 5.74) is -1.36. The first-order valence-electron chi connectivity index (χ1n) is 11.2. The van der Waals surface area contributed by atoms with E-state index in [1.165, 1.54) is 59.0 Å². The van der Waals surface area contributed by atoms with Gasteiger partial charge in [0.25, 0.3) is 5.56 Å². The molecule has 37 heavy (non-hydrogen) atoms. The first-order chi connectivity index (χ1) is 17.5. The summed E-state index contributed by atoms with van der Waals surface area (Å²) in [6, 6.07) is 5.72. The number of rotatable bonds is 9. The lowest BCUT2D eigenvalue weighted by Crippen LogP contribution is -2.39. The second kappa shape index (κ2) is 11.1. The topological polar surface area (TPSA) is 151 Å². The fraction of sp³-hybridized carbons (Fsp3) is 0.360. The maximum Gasteiger partial charge on any atom is 0.343 e. The molecule has 2 N–H and O–H groups in total. The van der Waals surface area contributed by atoms with Crippen molar-refractivity contribution in [3.8, 4) is 23.0 Å². The summed E-state index contributed by atoms with van der Waals surface area (Å²) in [7, 11) is 7.10. The molecule has 12 heteroatoms. The Hall–Kier alpha value is -4.48. The average molecular weight is 516 g/mol. The molecule has 0 bridgehead atoms. The quantitative estimate of drug-likeness (QED) is 0.424. The summed E-state index contributed by atoms with van der Waals surface area (Å²) < 4.78 is 23.7. The summed E-state index contributed by atoms with van der Waals surface area (Å²) in [5, 5.41) is 13.3. The third-order valence-corrected chi connectivity index (χ3v) is 6.03. The second-order valence-corrected chi connectivity index (χ2v) is 8.27. The second-order valence-electron chi connectivity index (χ2n) is 8.27. The molecule has 0 aliphatic rings. The normalized spacial score (nSPS) is 11.6. The monoisotopic (exact) mass is 515 g/mol. The molecule has 2 heterocycles. The van der Waals surface area contributed by atoms with E-state index in [0.717, 1.165) is 4.57 Å². The standard InChI is InChI=1S/C25H29N3O9/c1-13-9-17(29)21(24(32)37-13)16(15-7-8-18(34-4)23(36-6)22(15)35-5)11-19(30)26-12-14-10-20(31)28(3)25(33)27(14)2/h7-10,16,29H,11-12H2,1-6H3,(H,26,30)/t16-/m1/s1. The van der Waals surface area contributed by atoms with Crippen molar-refractivity contribution in [3.05, 3.63) is 78.1 Å². The van der Waals surface area contributed by atoms with Crippen molar-refractivity contribution in [1.82, 2.24) is 14.5 Å². The van der Waals surface area contributed by atoms with Gasteiger partial charge in [-0.1, -0.05) is 6.07 Å². The van der Waals surface area contributed by atoms with E-state index in [1.807, 2.05) is 0 Å². The molecule has 0 fully saturated rings. The van der Waals surface area contributed by atoms with E-state index in [0.29, 0.717) is 17.0 Å². The summed E-state index contributed by atoms with van der Waals surface area (Å²) in [4.78, 5) is 50.1. The van der Waals surface area contributed by atoms with Gasteiger partial charge in [-0.3, -0.25) is 18.7 Å². The third-order valence-electron chi connectivity index (χ3n) is 6.03. The van der Waals surface area contributed by atoms with Crippen molar-refractivity contribution in [2.75, 3.05) is 21.3 Å². The zero-order chi connectivity index (χ0) is 27.4. The number of aromatic hydroxyl groups is 1. The summed E-state index contributed by atoms with van der Waals surface area (Å²) in [6.45, 7) is 1.39. The van der Waals surface area contributed by atoms with Crippen LogP contribution in [-0.2, 0) is 25.4 Å². The number of nitrogens with one attached hydrogen (secondary N) is 1. The number of methoxy groups -OCH3 is 3. The highest BCUT2D eigenvalue weighted by Crippen LogP contribution is 2.45. The van der Waals surface area contributed by atoms with Crippen LogP contribution in [0, 0.1) is 6.92 Å². The lowest BCUT2D eigenvalue weighted by Gasteiger charge is -2.22. The van der Waals surface area contributed by atoms with Crippen molar-refractivity contribution < 1.29 is 28.5 Å². The zero-order valence-electron chi connectivity index (χ0n) is 21.4. The number of amides is 1. The van der Waals surface area contributed by atoms with Crippen molar-refractivity contribution in [2.24, 2.45) is 14.1 Å². The van der Waals surface area contributed by atoms with Gasteiger partial charge in [-0.25, -0.2) is 9.59 Å². The molecule has 3 rings (SSSR count). The number of benzene rings is 1. The fourth-order valence-corrected chi connectivity index (χ4v) is 4.09. The molecule has 0 radical (unpaired) electrons. The van der Waals surface area contributed by atoms with E-state index >= 15 is 0 Å². The van der Waals surface area contributed by atoms with E-state index < -0.39 is 28.7 Å². The molecule has 0 aliphatic heterocycles. The van der Waals surface area contributed by atoms with Crippen LogP contribution in [0.3, 0.4) is 0 Å². The summed E-state index contributed by atoms with van der Waals surface area (Å²) >= 11 is 0. The summed E-state index contributed by atoms with van der Waals surface area (Å²) in [6.07, 6.45) is -0.313. The Morgan fingerprint density at radius 3 is 2.30 bits per heavy atom. The molecule has 2 aromatic heterocycles. The van der Waals surface area contributed by atoms with Crippen LogP contribution >= 0.6 is 0 Å². The highest BCUT2D eigenvalue weighted by Gasteiger charge is 2.30. The molecule has 1 amide bonds. The van der Waals surface area contributed by atoms with Crippen molar-refractivity contribution >= 4 is 5.91 Å². The lowest BCUT2D eigenvalue weighted by molar-refractivity contribution is -0.121. The van der Waals surface area contributed by atoms with Gasteiger partial charge in [-0.15, -0.1) is 0 Å². The van der Waals surface area contributed by atoms with Gasteiger partial charge < -0.3 is 29.1 Å². The van der Waals surface area contributed by atoms with Crippen LogP contribution in [0.15, 0.2) is 43.1 Å². The number of hydrogen-bond acceptors (Lipinski definition) is 9. The zero-order valence-corrected chi connectivity index (χ0v) is 21.4. The number of ether oxygens (including phenoxy) is 3. The minimum absolute atomic E-state index is 0.120. The molecular weight excluding hydrogens is 486 g/mol. The number of carbonyl (C=O) groups excluding carboxylic acids is 1. The van der Waals surface area contributed by atoms with Gasteiger partial charge in [0.1, 0.15) is 11.5 Å². The SMILES string of the molecule is COc1ccc([C@@H](CC(=O)NCc2cc(=O)n(C)c(=O)n2C)c2c(O)cc(C)oc2=O)c(OC)c1OC. The maximum atomic E-state index is 13.1. The molecule has 1 aromatic carbocycles. The number of carbonyl (C=O) groups is 1. The van der Waals surface area contributed by atoms with E-state index in [1.54, 1.807) is 12.1 Å². The number of hydrogen-bond donors (Lipinski definition) is 2. The van der Waals surface area contributed by atoms with Crippen LogP contribution in [0.25, 0.3) is 0 Å². The fourth-order valence-electron chi connectivity index (χ4n) is 4.09. The molecule has 198 valence electrons. The highest BCUT2D eigenvalue weighted by atomic mass is 16.5. The minimum atomic E-state index is -1.01. The Balaban J connectivity index is 2.06. The minimum Gasteiger partial charge on any atom is -0.507 e. The van der Waals surface area contributed by atoms with E-state index in [4.69, 9.17) is 18.6 Å². The van der Waals surface area contributed by atoms with Crippen LogP contribution in [0.5, 0.6) is 23.0 Å². The molecule has 0 aliphatic carbocycles. The first-order valence-corrected chi connectivity index (χ1v) is 11.2. The average Bonchev–Trinajstić information content (AvgIpc) is 2.86. The first kappa shape index (κ1) is 27.1. The van der Waals surface area contributed by atoms with Crippen molar-refractivity contribution in [2.45, 2.75) is 25.8 Å². The molecule has 12 nitrogen and oxygen atoms in total. The largest absolute Gasteiger partial charge is 0.507 e. The Morgan fingerprint density at radius 1 is 1.03 bits per heavy atom.